The lowest BCUT2D eigenvalue weighted by Crippen LogP contribution is -2.35. The van der Waals surface area contributed by atoms with Gasteiger partial charge in [-0.1, -0.05) is 25.5 Å². The third-order valence-electron chi connectivity index (χ3n) is 5.67. The number of nitrogens with one attached hydrogen (secondary N) is 1. The molecule has 14 heteroatoms. The fraction of sp³-hybridized carbons (Fsp3) is 0.364. The van der Waals surface area contributed by atoms with Crippen LogP contribution < -0.4 is 0 Å². The molecular formula is C22H21BrF5N7O. The number of aliphatic hydroxyl groups excluding tert-OH is 1. The fourth-order valence-electron chi connectivity index (χ4n) is 3.85. The van der Waals surface area contributed by atoms with E-state index in [1.54, 1.807) is 30.5 Å². The molecule has 0 spiro atoms. The van der Waals surface area contributed by atoms with Crippen LogP contribution in [-0.4, -0.2) is 46.0 Å². The molecule has 0 aliphatic carbocycles. The Hall–Kier alpha value is -3.13. The highest BCUT2D eigenvalue weighted by Crippen LogP contribution is 2.45. The highest BCUT2D eigenvalue weighted by molar-refractivity contribution is 9.10. The summed E-state index contributed by atoms with van der Waals surface area (Å²) in [5.41, 5.74) is 0.0226. The van der Waals surface area contributed by atoms with Gasteiger partial charge in [-0.05, 0) is 56.5 Å². The highest BCUT2D eigenvalue weighted by atomic mass is 79.9. The standard InChI is InChI=1S/C22H21BrF5N7O/c1-2-3-4-17-29-19(21(24,25)22(26,27)28)16(12-36)35(17)11-13-5-7-14(8-6-13)34-10-9-15(23)18(34)20-30-32-33-31-20/h5-10,36H,2-4,11-12H2,1H3,(H,30,31,32,33). The molecule has 4 aromatic rings. The predicted molar refractivity (Wildman–Crippen MR) is 122 cm³/mol. The Bertz CT molecular complexity index is 1310. The number of hydrogen-bond acceptors (Lipinski definition) is 5. The summed E-state index contributed by atoms with van der Waals surface area (Å²) in [4.78, 5) is 3.66. The molecule has 4 rings (SSSR count). The van der Waals surface area contributed by atoms with Crippen LogP contribution >= 0.6 is 15.9 Å². The number of benzene rings is 1. The van der Waals surface area contributed by atoms with Gasteiger partial charge in [0.2, 0.25) is 0 Å². The summed E-state index contributed by atoms with van der Waals surface area (Å²) in [6, 6.07) is 8.78. The normalized spacial score (nSPS) is 12.4. The van der Waals surface area contributed by atoms with Crippen molar-refractivity contribution in [2.45, 2.75) is 51.4 Å². The number of imidazole rings is 1. The second-order valence-corrected chi connectivity index (χ2v) is 8.90. The van der Waals surface area contributed by atoms with Crippen molar-refractivity contribution in [3.8, 4) is 17.2 Å². The molecule has 0 amide bonds. The lowest BCUT2D eigenvalue weighted by atomic mass is 10.1. The highest BCUT2D eigenvalue weighted by Gasteiger charge is 2.61. The summed E-state index contributed by atoms with van der Waals surface area (Å²) in [5.74, 6) is -4.69. The summed E-state index contributed by atoms with van der Waals surface area (Å²) < 4.78 is 71.6. The Morgan fingerprint density at radius 3 is 2.39 bits per heavy atom. The number of tetrazole rings is 1. The monoisotopic (exact) mass is 573 g/mol. The molecule has 0 aliphatic rings. The van der Waals surface area contributed by atoms with E-state index < -0.39 is 30.1 Å². The fourth-order valence-corrected chi connectivity index (χ4v) is 4.35. The maximum atomic E-state index is 14.2. The van der Waals surface area contributed by atoms with Crippen LogP contribution in [0, 0.1) is 0 Å². The Labute approximate surface area is 210 Å². The van der Waals surface area contributed by atoms with Crippen LogP contribution in [0.15, 0.2) is 41.0 Å². The van der Waals surface area contributed by atoms with Crippen LogP contribution in [0.3, 0.4) is 0 Å². The lowest BCUT2D eigenvalue weighted by Gasteiger charge is -2.19. The first-order chi connectivity index (χ1) is 17.1. The van der Waals surface area contributed by atoms with Gasteiger partial charge in [0.05, 0.1) is 12.3 Å². The van der Waals surface area contributed by atoms with Gasteiger partial charge >= 0.3 is 12.1 Å². The van der Waals surface area contributed by atoms with Gasteiger partial charge in [-0.15, -0.1) is 5.10 Å². The topological polar surface area (TPSA) is 97.4 Å². The molecule has 3 heterocycles. The zero-order valence-electron chi connectivity index (χ0n) is 18.9. The van der Waals surface area contributed by atoms with E-state index in [9.17, 15) is 27.1 Å². The van der Waals surface area contributed by atoms with E-state index in [0.717, 1.165) is 10.2 Å². The van der Waals surface area contributed by atoms with Gasteiger partial charge in [-0.3, -0.25) is 0 Å². The minimum absolute atomic E-state index is 0.0373. The van der Waals surface area contributed by atoms with Crippen LogP contribution in [0.2, 0.25) is 0 Å². The van der Waals surface area contributed by atoms with E-state index in [-0.39, 0.29) is 18.8 Å². The van der Waals surface area contributed by atoms with Crippen molar-refractivity contribution in [2.24, 2.45) is 0 Å². The number of alkyl halides is 5. The maximum absolute atomic E-state index is 14.2. The van der Waals surface area contributed by atoms with Gasteiger partial charge in [0.25, 0.3) is 0 Å². The molecular weight excluding hydrogens is 553 g/mol. The van der Waals surface area contributed by atoms with Crippen molar-refractivity contribution in [1.82, 2.24) is 34.7 Å². The number of aliphatic hydroxyl groups is 1. The van der Waals surface area contributed by atoms with E-state index in [0.29, 0.717) is 29.9 Å². The number of hydrogen-bond donors (Lipinski definition) is 2. The van der Waals surface area contributed by atoms with Crippen molar-refractivity contribution in [1.29, 1.82) is 0 Å². The SMILES string of the molecule is CCCCc1nc(C(F)(F)C(F)(F)F)c(CO)n1Cc1ccc(-n2ccc(Br)c2-c2nnn[nH]2)cc1. The third kappa shape index (κ3) is 4.78. The minimum atomic E-state index is -5.83. The van der Waals surface area contributed by atoms with Crippen molar-refractivity contribution < 1.29 is 27.1 Å². The van der Waals surface area contributed by atoms with Crippen LogP contribution in [-0.2, 0) is 25.5 Å². The molecule has 0 atom stereocenters. The molecule has 1 aromatic carbocycles. The summed E-state index contributed by atoms with van der Waals surface area (Å²) in [6.45, 7) is 0.821. The first kappa shape index (κ1) is 25.9. The number of nitrogens with zero attached hydrogens (tertiary/aromatic N) is 6. The second-order valence-electron chi connectivity index (χ2n) is 8.04. The predicted octanol–water partition coefficient (Wildman–Crippen LogP) is 5.15. The average Bonchev–Trinajstić information content (AvgIpc) is 3.56. The minimum Gasteiger partial charge on any atom is -0.390 e. The number of unbranched alkanes of at least 4 members (excludes halogenated alkanes) is 1. The Balaban J connectivity index is 1.69. The van der Waals surface area contributed by atoms with Gasteiger partial charge in [0, 0.05) is 29.3 Å². The van der Waals surface area contributed by atoms with Crippen molar-refractivity contribution in [3.05, 3.63) is 63.8 Å². The molecule has 0 radical (unpaired) electrons. The number of aromatic amines is 1. The summed E-state index contributed by atoms with van der Waals surface area (Å²) in [6.07, 6.45) is -2.61. The Kier molecular flexibility index (Phi) is 7.27. The molecule has 0 saturated carbocycles. The number of aromatic nitrogens is 7. The van der Waals surface area contributed by atoms with E-state index >= 15 is 0 Å². The summed E-state index contributed by atoms with van der Waals surface area (Å²) >= 11 is 3.46. The van der Waals surface area contributed by atoms with Crippen LogP contribution in [0.5, 0.6) is 0 Å². The molecule has 0 aliphatic heterocycles. The zero-order valence-corrected chi connectivity index (χ0v) is 20.5. The van der Waals surface area contributed by atoms with Gasteiger partial charge in [-0.2, -0.15) is 22.0 Å². The van der Waals surface area contributed by atoms with Gasteiger partial charge < -0.3 is 14.2 Å². The molecule has 8 nitrogen and oxygen atoms in total. The third-order valence-corrected chi connectivity index (χ3v) is 6.31. The molecule has 0 bridgehead atoms. The van der Waals surface area contributed by atoms with E-state index in [4.69, 9.17) is 0 Å². The molecule has 192 valence electrons. The number of H-pyrrole nitrogens is 1. The van der Waals surface area contributed by atoms with Gasteiger partial charge in [-0.25, -0.2) is 10.1 Å². The Morgan fingerprint density at radius 1 is 1.08 bits per heavy atom. The molecule has 3 aromatic heterocycles. The van der Waals surface area contributed by atoms with E-state index in [1.165, 1.54) is 4.57 Å². The lowest BCUT2D eigenvalue weighted by molar-refractivity contribution is -0.291. The average molecular weight is 574 g/mol. The summed E-state index contributed by atoms with van der Waals surface area (Å²) in [7, 11) is 0. The van der Waals surface area contributed by atoms with Crippen molar-refractivity contribution in [3.63, 3.8) is 0 Å². The molecule has 0 saturated heterocycles. The van der Waals surface area contributed by atoms with Crippen LogP contribution in [0.25, 0.3) is 17.2 Å². The first-order valence-electron chi connectivity index (χ1n) is 10.9. The molecule has 2 N–H and O–H groups in total. The number of halogens is 6. The van der Waals surface area contributed by atoms with E-state index in [2.05, 4.69) is 41.5 Å². The van der Waals surface area contributed by atoms with Gasteiger partial charge in [0.15, 0.2) is 5.82 Å². The smallest absolute Gasteiger partial charge is 0.390 e. The number of rotatable bonds is 9. The molecule has 36 heavy (non-hydrogen) atoms. The largest absolute Gasteiger partial charge is 0.459 e. The maximum Gasteiger partial charge on any atom is 0.459 e. The molecule has 0 unspecified atom stereocenters. The van der Waals surface area contributed by atoms with Gasteiger partial charge in [0.1, 0.15) is 17.2 Å². The zero-order chi connectivity index (χ0) is 26.1. The molecule has 0 fully saturated rings. The number of aryl methyl sites for hydroxylation is 1. The summed E-state index contributed by atoms with van der Waals surface area (Å²) in [5, 5.41) is 23.6. The van der Waals surface area contributed by atoms with E-state index in [1.807, 2.05) is 17.6 Å². The second kappa shape index (κ2) is 10.1. The van der Waals surface area contributed by atoms with Crippen molar-refractivity contribution in [2.75, 3.05) is 0 Å². The Morgan fingerprint density at radius 2 is 1.81 bits per heavy atom. The quantitative estimate of drug-likeness (QED) is 0.270. The first-order valence-corrected chi connectivity index (χ1v) is 11.7. The van der Waals surface area contributed by atoms with Crippen molar-refractivity contribution >= 4 is 15.9 Å². The van der Waals surface area contributed by atoms with Crippen LogP contribution in [0.1, 0.15) is 42.5 Å². The van der Waals surface area contributed by atoms with Crippen LogP contribution in [0.4, 0.5) is 22.0 Å².